The number of carbonyl (C=O) groups excluding carboxylic acids is 1. The lowest BCUT2D eigenvalue weighted by molar-refractivity contribution is -0.121. The van der Waals surface area contributed by atoms with Crippen molar-refractivity contribution in [3.05, 3.63) is 35.9 Å². The van der Waals surface area contributed by atoms with E-state index < -0.39 is 0 Å². The van der Waals surface area contributed by atoms with E-state index in [4.69, 9.17) is 0 Å². The molecule has 0 atom stereocenters. The summed E-state index contributed by atoms with van der Waals surface area (Å²) in [5.74, 6) is 0.0310. The summed E-state index contributed by atoms with van der Waals surface area (Å²) in [6.07, 6.45) is 0.837. The van der Waals surface area contributed by atoms with E-state index in [1.165, 1.54) is 5.56 Å². The largest absolute Gasteiger partial charge is 0.350 e. The van der Waals surface area contributed by atoms with Crippen molar-refractivity contribution in [1.82, 2.24) is 10.6 Å². The van der Waals surface area contributed by atoms with Crippen LogP contribution in [0.4, 0.5) is 0 Å². The van der Waals surface area contributed by atoms with Crippen LogP contribution in [0.25, 0.3) is 0 Å². The zero-order valence-electron chi connectivity index (χ0n) is 10.2. The molecule has 0 aliphatic heterocycles. The van der Waals surface area contributed by atoms with E-state index in [0.29, 0.717) is 6.54 Å². The van der Waals surface area contributed by atoms with E-state index >= 15 is 0 Å². The summed E-state index contributed by atoms with van der Waals surface area (Å²) in [6, 6.07) is 10.2. The fourth-order valence-electron chi connectivity index (χ4n) is 1.73. The fraction of sp³-hybridized carbons (Fsp3) is 0.462. The lowest BCUT2D eigenvalue weighted by Crippen LogP contribution is -2.47. The van der Waals surface area contributed by atoms with Crippen molar-refractivity contribution in [3.8, 4) is 0 Å². The number of nitrogens with one attached hydrogen (secondary N) is 2. The molecule has 0 aliphatic rings. The zero-order valence-corrected chi connectivity index (χ0v) is 10.2. The summed E-state index contributed by atoms with van der Waals surface area (Å²) in [6.45, 7) is 4.43. The highest BCUT2D eigenvalue weighted by Gasteiger charge is 2.20. The van der Waals surface area contributed by atoms with E-state index in [2.05, 4.69) is 22.8 Å². The standard InChI is InChI=1S/C13H20N2O/c1-13(2,15-12(16)10-14-3)9-11-7-5-4-6-8-11/h4-8,14H,9-10H2,1-3H3,(H,15,16). The van der Waals surface area contributed by atoms with E-state index in [1.807, 2.05) is 32.0 Å². The number of likely N-dealkylation sites (N-methyl/N-ethyl adjacent to an activating group) is 1. The van der Waals surface area contributed by atoms with Crippen molar-refractivity contribution in [2.45, 2.75) is 25.8 Å². The van der Waals surface area contributed by atoms with Gasteiger partial charge in [0.15, 0.2) is 0 Å². The van der Waals surface area contributed by atoms with Crippen LogP contribution in [-0.2, 0) is 11.2 Å². The molecule has 0 aliphatic carbocycles. The number of benzene rings is 1. The van der Waals surface area contributed by atoms with Gasteiger partial charge in [-0.1, -0.05) is 30.3 Å². The highest BCUT2D eigenvalue weighted by Crippen LogP contribution is 2.11. The number of amides is 1. The molecule has 1 aromatic carbocycles. The summed E-state index contributed by atoms with van der Waals surface area (Å²) in [5, 5.41) is 5.85. The monoisotopic (exact) mass is 220 g/mol. The van der Waals surface area contributed by atoms with Crippen molar-refractivity contribution < 1.29 is 4.79 Å². The van der Waals surface area contributed by atoms with Crippen molar-refractivity contribution in [3.63, 3.8) is 0 Å². The lowest BCUT2D eigenvalue weighted by Gasteiger charge is -2.26. The summed E-state index contributed by atoms with van der Waals surface area (Å²) >= 11 is 0. The molecule has 0 heterocycles. The molecule has 3 nitrogen and oxygen atoms in total. The summed E-state index contributed by atoms with van der Waals surface area (Å²) in [4.78, 5) is 11.5. The summed E-state index contributed by atoms with van der Waals surface area (Å²) in [5.41, 5.74) is 1.02. The first-order valence-corrected chi connectivity index (χ1v) is 5.53. The van der Waals surface area contributed by atoms with Crippen molar-refractivity contribution >= 4 is 5.91 Å². The molecule has 0 aromatic heterocycles. The first-order chi connectivity index (χ1) is 7.53. The molecule has 88 valence electrons. The molecule has 0 saturated heterocycles. The van der Waals surface area contributed by atoms with Crippen LogP contribution in [0, 0.1) is 0 Å². The van der Waals surface area contributed by atoms with Crippen LogP contribution in [0.3, 0.4) is 0 Å². The maximum atomic E-state index is 11.5. The molecule has 2 N–H and O–H groups in total. The third kappa shape index (κ3) is 4.45. The van der Waals surface area contributed by atoms with Gasteiger partial charge in [-0.15, -0.1) is 0 Å². The highest BCUT2D eigenvalue weighted by atomic mass is 16.2. The zero-order chi connectivity index (χ0) is 12.0. The Bertz CT molecular complexity index is 333. The molecular formula is C13H20N2O. The van der Waals surface area contributed by atoms with Gasteiger partial charge >= 0.3 is 0 Å². The lowest BCUT2D eigenvalue weighted by atomic mass is 9.95. The molecule has 1 amide bonds. The Hall–Kier alpha value is -1.35. The Morgan fingerprint density at radius 2 is 1.88 bits per heavy atom. The minimum absolute atomic E-state index is 0.0310. The Balaban J connectivity index is 2.54. The Morgan fingerprint density at radius 1 is 1.25 bits per heavy atom. The van der Waals surface area contributed by atoms with Gasteiger partial charge in [0.05, 0.1) is 6.54 Å². The smallest absolute Gasteiger partial charge is 0.234 e. The van der Waals surface area contributed by atoms with Crippen LogP contribution < -0.4 is 10.6 Å². The SMILES string of the molecule is CNCC(=O)NC(C)(C)Cc1ccccc1. The Morgan fingerprint density at radius 3 is 2.44 bits per heavy atom. The Kier molecular flexibility index (Phi) is 4.50. The second kappa shape index (κ2) is 5.66. The van der Waals surface area contributed by atoms with Crippen LogP contribution in [0.1, 0.15) is 19.4 Å². The summed E-state index contributed by atoms with van der Waals surface area (Å²) < 4.78 is 0. The van der Waals surface area contributed by atoms with E-state index in [0.717, 1.165) is 6.42 Å². The molecule has 3 heteroatoms. The van der Waals surface area contributed by atoms with Gasteiger partial charge < -0.3 is 10.6 Å². The van der Waals surface area contributed by atoms with Gasteiger partial charge in [0.25, 0.3) is 0 Å². The van der Waals surface area contributed by atoms with E-state index in [1.54, 1.807) is 7.05 Å². The van der Waals surface area contributed by atoms with Gasteiger partial charge in [0.1, 0.15) is 0 Å². The van der Waals surface area contributed by atoms with Crippen molar-refractivity contribution in [1.29, 1.82) is 0 Å². The summed E-state index contributed by atoms with van der Waals surface area (Å²) in [7, 11) is 1.77. The van der Waals surface area contributed by atoms with E-state index in [9.17, 15) is 4.79 Å². The molecule has 0 unspecified atom stereocenters. The third-order valence-corrected chi connectivity index (χ3v) is 2.30. The Labute approximate surface area is 97.2 Å². The average Bonchev–Trinajstić information content (AvgIpc) is 2.17. The second-order valence-electron chi connectivity index (χ2n) is 4.62. The molecule has 0 spiro atoms. The molecule has 1 rings (SSSR count). The average molecular weight is 220 g/mol. The fourth-order valence-corrected chi connectivity index (χ4v) is 1.73. The number of rotatable bonds is 5. The van der Waals surface area contributed by atoms with Gasteiger partial charge in [-0.2, -0.15) is 0 Å². The minimum Gasteiger partial charge on any atom is -0.350 e. The number of carbonyl (C=O) groups is 1. The molecule has 1 aromatic rings. The normalized spacial score (nSPS) is 11.2. The quantitative estimate of drug-likeness (QED) is 0.786. The van der Waals surface area contributed by atoms with Gasteiger partial charge in [-0.3, -0.25) is 4.79 Å². The second-order valence-corrected chi connectivity index (χ2v) is 4.62. The highest BCUT2D eigenvalue weighted by molar-refractivity contribution is 5.78. The van der Waals surface area contributed by atoms with Gasteiger partial charge in [0.2, 0.25) is 5.91 Å². The van der Waals surface area contributed by atoms with Crippen LogP contribution in [0.15, 0.2) is 30.3 Å². The van der Waals surface area contributed by atoms with Crippen LogP contribution >= 0.6 is 0 Å². The number of hydrogen-bond donors (Lipinski definition) is 2. The van der Waals surface area contributed by atoms with E-state index in [-0.39, 0.29) is 11.4 Å². The molecule has 0 bridgehead atoms. The predicted molar refractivity (Wildman–Crippen MR) is 66.3 cm³/mol. The number of hydrogen-bond acceptors (Lipinski definition) is 2. The topological polar surface area (TPSA) is 41.1 Å². The van der Waals surface area contributed by atoms with Crippen LogP contribution in [0.5, 0.6) is 0 Å². The first kappa shape index (κ1) is 12.7. The molecular weight excluding hydrogens is 200 g/mol. The molecule has 0 fully saturated rings. The van der Waals surface area contributed by atoms with Gasteiger partial charge in [-0.05, 0) is 32.9 Å². The molecule has 0 radical (unpaired) electrons. The van der Waals surface area contributed by atoms with Crippen LogP contribution in [0.2, 0.25) is 0 Å². The van der Waals surface area contributed by atoms with Crippen molar-refractivity contribution in [2.24, 2.45) is 0 Å². The first-order valence-electron chi connectivity index (χ1n) is 5.53. The van der Waals surface area contributed by atoms with Gasteiger partial charge in [-0.25, -0.2) is 0 Å². The van der Waals surface area contributed by atoms with Gasteiger partial charge in [0, 0.05) is 5.54 Å². The maximum Gasteiger partial charge on any atom is 0.234 e. The minimum atomic E-state index is -0.213. The predicted octanol–water partition coefficient (Wildman–Crippen LogP) is 1.34. The van der Waals surface area contributed by atoms with Crippen molar-refractivity contribution in [2.75, 3.05) is 13.6 Å². The maximum absolute atomic E-state index is 11.5. The molecule has 16 heavy (non-hydrogen) atoms. The van der Waals surface area contributed by atoms with Crippen LogP contribution in [-0.4, -0.2) is 25.0 Å². The molecule has 0 saturated carbocycles. The third-order valence-electron chi connectivity index (χ3n) is 2.30.